The van der Waals surface area contributed by atoms with E-state index in [2.05, 4.69) is 5.10 Å². The van der Waals surface area contributed by atoms with Crippen molar-refractivity contribution in [1.82, 2.24) is 14.7 Å². The molecule has 0 aliphatic carbocycles. The number of halogens is 3. The molecule has 0 saturated carbocycles. The van der Waals surface area contributed by atoms with Gasteiger partial charge in [0.1, 0.15) is 0 Å². The summed E-state index contributed by atoms with van der Waals surface area (Å²) in [5.74, 6) is 0. The number of benzene rings is 1. The van der Waals surface area contributed by atoms with Gasteiger partial charge in [-0.2, -0.15) is 18.3 Å². The molecule has 3 rings (SSSR count). The maximum Gasteiger partial charge on any atom is 0.433 e. The Kier molecular flexibility index (Phi) is 4.77. The largest absolute Gasteiger partial charge is 0.450 e. The molecule has 0 fully saturated rings. The highest BCUT2D eigenvalue weighted by molar-refractivity contribution is 5.68. The number of amides is 1. The van der Waals surface area contributed by atoms with E-state index in [-0.39, 0.29) is 48.7 Å². The number of rotatable bonds is 3. The first kappa shape index (κ1) is 18.7. The van der Waals surface area contributed by atoms with Crippen LogP contribution in [0.2, 0.25) is 0 Å². The van der Waals surface area contributed by atoms with Gasteiger partial charge in [0.15, 0.2) is 5.69 Å². The lowest BCUT2D eigenvalue weighted by atomic mass is 10.1. The quantitative estimate of drug-likeness (QED) is 0.598. The molecule has 2 heterocycles. The molecule has 1 aliphatic rings. The summed E-state index contributed by atoms with van der Waals surface area (Å²) in [6.45, 7) is 1.66. The van der Waals surface area contributed by atoms with Crippen molar-refractivity contribution in [3.63, 3.8) is 0 Å². The van der Waals surface area contributed by atoms with Crippen LogP contribution in [0.3, 0.4) is 0 Å². The summed E-state index contributed by atoms with van der Waals surface area (Å²) in [6, 6.07) is 4.63. The van der Waals surface area contributed by atoms with Crippen LogP contribution in [0.25, 0.3) is 5.69 Å². The van der Waals surface area contributed by atoms with Crippen molar-refractivity contribution < 1.29 is 27.6 Å². The Morgan fingerprint density at radius 1 is 1.33 bits per heavy atom. The number of carbonyl (C=O) groups is 1. The molecular formula is C16H15F3N4O4. The number of nitrogens with zero attached hydrogens (tertiary/aromatic N) is 4. The smallest absolute Gasteiger partial charge is 0.433 e. The van der Waals surface area contributed by atoms with Gasteiger partial charge < -0.3 is 9.64 Å². The van der Waals surface area contributed by atoms with E-state index in [0.717, 1.165) is 16.8 Å². The van der Waals surface area contributed by atoms with E-state index >= 15 is 0 Å². The number of alkyl halides is 3. The highest BCUT2D eigenvalue weighted by Crippen LogP contribution is 2.37. The molecule has 0 atom stereocenters. The summed E-state index contributed by atoms with van der Waals surface area (Å²) in [5.41, 5.74) is -1.05. The van der Waals surface area contributed by atoms with Crippen LogP contribution in [0.15, 0.2) is 24.3 Å². The van der Waals surface area contributed by atoms with Gasteiger partial charge in [0.05, 0.1) is 29.5 Å². The second kappa shape index (κ2) is 6.89. The van der Waals surface area contributed by atoms with Gasteiger partial charge >= 0.3 is 12.3 Å². The lowest BCUT2D eigenvalue weighted by molar-refractivity contribution is -0.384. The molecule has 1 aromatic carbocycles. The van der Waals surface area contributed by atoms with Gasteiger partial charge in [0.25, 0.3) is 5.69 Å². The number of hydrogen-bond donors (Lipinski definition) is 0. The number of fused-ring (bicyclic) bond motifs is 1. The Bertz CT molecular complexity index is 877. The molecule has 1 amide bonds. The van der Waals surface area contributed by atoms with Gasteiger partial charge in [0, 0.05) is 30.7 Å². The minimum Gasteiger partial charge on any atom is -0.450 e. The van der Waals surface area contributed by atoms with Crippen molar-refractivity contribution in [1.29, 1.82) is 0 Å². The van der Waals surface area contributed by atoms with Gasteiger partial charge in [-0.05, 0) is 19.1 Å². The van der Waals surface area contributed by atoms with E-state index in [1.54, 1.807) is 6.92 Å². The van der Waals surface area contributed by atoms with Crippen molar-refractivity contribution in [3.05, 3.63) is 51.3 Å². The van der Waals surface area contributed by atoms with Crippen molar-refractivity contribution in [2.75, 3.05) is 13.2 Å². The molecule has 1 aromatic heterocycles. The monoisotopic (exact) mass is 384 g/mol. The maximum atomic E-state index is 13.7. The average Bonchev–Trinajstić information content (AvgIpc) is 3.00. The third-order valence-electron chi connectivity index (χ3n) is 4.13. The molecule has 11 heteroatoms. The number of nitro groups is 1. The highest BCUT2D eigenvalue weighted by Gasteiger charge is 2.42. The van der Waals surface area contributed by atoms with Crippen molar-refractivity contribution in [2.45, 2.75) is 26.1 Å². The fourth-order valence-corrected chi connectivity index (χ4v) is 2.94. The van der Waals surface area contributed by atoms with Crippen molar-refractivity contribution in [3.8, 4) is 5.69 Å². The summed E-state index contributed by atoms with van der Waals surface area (Å²) < 4.78 is 46.8. The van der Waals surface area contributed by atoms with Crippen molar-refractivity contribution in [2.24, 2.45) is 0 Å². The normalized spacial score (nSPS) is 14.0. The van der Waals surface area contributed by atoms with E-state index < -0.39 is 22.9 Å². The van der Waals surface area contributed by atoms with Crippen LogP contribution in [0.4, 0.5) is 23.7 Å². The van der Waals surface area contributed by atoms with Crippen LogP contribution in [0, 0.1) is 10.1 Å². The molecule has 0 N–H and O–H groups in total. The minimum absolute atomic E-state index is 0.0463. The van der Waals surface area contributed by atoms with Crippen LogP contribution in [-0.2, 0) is 23.9 Å². The Morgan fingerprint density at radius 3 is 2.56 bits per heavy atom. The molecule has 0 bridgehead atoms. The third-order valence-corrected chi connectivity index (χ3v) is 4.13. The molecule has 0 unspecified atom stereocenters. The summed E-state index contributed by atoms with van der Waals surface area (Å²) in [5, 5.41) is 14.8. The lowest BCUT2D eigenvalue weighted by Crippen LogP contribution is -2.36. The zero-order chi connectivity index (χ0) is 19.8. The molecule has 27 heavy (non-hydrogen) atoms. The van der Waals surface area contributed by atoms with E-state index in [1.807, 2.05) is 0 Å². The van der Waals surface area contributed by atoms with E-state index in [4.69, 9.17) is 4.74 Å². The number of nitro benzene ring substituents is 1. The SMILES string of the molecule is CCOC(=O)N1CCc2nn(-c3ccc([N+](=O)[O-])cc3)c(C(F)(F)F)c2C1. The Labute approximate surface area is 151 Å². The highest BCUT2D eigenvalue weighted by atomic mass is 19.4. The summed E-state index contributed by atoms with van der Waals surface area (Å²) >= 11 is 0. The molecule has 144 valence electrons. The Balaban J connectivity index is 2.04. The predicted molar refractivity (Wildman–Crippen MR) is 86.4 cm³/mol. The van der Waals surface area contributed by atoms with Gasteiger partial charge in [-0.15, -0.1) is 0 Å². The fourth-order valence-electron chi connectivity index (χ4n) is 2.94. The zero-order valence-corrected chi connectivity index (χ0v) is 14.2. The number of ether oxygens (including phenoxy) is 1. The van der Waals surface area contributed by atoms with Gasteiger partial charge in [-0.1, -0.05) is 0 Å². The molecule has 0 spiro atoms. The molecule has 2 aromatic rings. The first-order valence-electron chi connectivity index (χ1n) is 8.07. The molecule has 0 saturated heterocycles. The van der Waals surface area contributed by atoms with Crippen LogP contribution < -0.4 is 0 Å². The van der Waals surface area contributed by atoms with Crippen LogP contribution in [-0.4, -0.2) is 38.8 Å². The standard InChI is InChI=1S/C16H15F3N4O4/c1-2-27-15(24)21-8-7-13-12(9-21)14(16(17,18)19)22(20-13)10-3-5-11(6-4-10)23(25)26/h3-6H,2,7-9H2,1H3. The van der Waals surface area contributed by atoms with Gasteiger partial charge in [-0.25, -0.2) is 9.48 Å². The fraction of sp³-hybridized carbons (Fsp3) is 0.375. The van der Waals surface area contributed by atoms with E-state index in [0.29, 0.717) is 0 Å². The Hall–Kier alpha value is -3.11. The van der Waals surface area contributed by atoms with E-state index in [9.17, 15) is 28.1 Å². The molecular weight excluding hydrogens is 369 g/mol. The Morgan fingerprint density at radius 2 is 2.00 bits per heavy atom. The lowest BCUT2D eigenvalue weighted by Gasteiger charge is -2.26. The molecule has 0 radical (unpaired) electrons. The van der Waals surface area contributed by atoms with E-state index in [1.165, 1.54) is 17.0 Å². The zero-order valence-electron chi connectivity index (χ0n) is 14.2. The number of aromatic nitrogens is 2. The van der Waals surface area contributed by atoms with Crippen LogP contribution in [0.1, 0.15) is 23.9 Å². The first-order chi connectivity index (χ1) is 12.7. The number of hydrogen-bond acceptors (Lipinski definition) is 5. The average molecular weight is 384 g/mol. The first-order valence-corrected chi connectivity index (χ1v) is 8.07. The topological polar surface area (TPSA) is 90.5 Å². The summed E-state index contributed by atoms with van der Waals surface area (Å²) in [6.07, 6.45) is -5.25. The van der Waals surface area contributed by atoms with Crippen LogP contribution >= 0.6 is 0 Å². The molecule has 1 aliphatic heterocycles. The summed E-state index contributed by atoms with van der Waals surface area (Å²) in [4.78, 5) is 23.2. The third kappa shape index (κ3) is 3.57. The molecule has 8 nitrogen and oxygen atoms in total. The second-order valence-electron chi connectivity index (χ2n) is 5.83. The predicted octanol–water partition coefficient (Wildman–Crippen LogP) is 3.31. The van der Waals surface area contributed by atoms with Gasteiger partial charge in [-0.3, -0.25) is 10.1 Å². The number of carbonyl (C=O) groups excluding carboxylic acids is 1. The van der Waals surface area contributed by atoms with Gasteiger partial charge in [0.2, 0.25) is 0 Å². The second-order valence-corrected chi connectivity index (χ2v) is 5.83. The van der Waals surface area contributed by atoms with Crippen molar-refractivity contribution >= 4 is 11.8 Å². The van der Waals surface area contributed by atoms with Crippen LogP contribution in [0.5, 0.6) is 0 Å². The minimum atomic E-state index is -4.72. The maximum absolute atomic E-state index is 13.7. The number of non-ortho nitro benzene ring substituents is 1. The summed E-state index contributed by atoms with van der Waals surface area (Å²) in [7, 11) is 0.